The van der Waals surface area contributed by atoms with Crippen LogP contribution in [0.2, 0.25) is 0 Å². The maximum atomic E-state index is 13.5. The van der Waals surface area contributed by atoms with Crippen LogP contribution in [0.25, 0.3) is 0 Å². The third kappa shape index (κ3) is 5.00. The van der Waals surface area contributed by atoms with E-state index in [2.05, 4.69) is 10.2 Å². The molecule has 1 unspecified atom stereocenters. The molecule has 0 spiro atoms. The first kappa shape index (κ1) is 22.0. The van der Waals surface area contributed by atoms with E-state index in [1.807, 2.05) is 34.1 Å². The van der Waals surface area contributed by atoms with Crippen molar-refractivity contribution in [2.75, 3.05) is 55.6 Å². The molecule has 2 aliphatic heterocycles. The molecule has 1 atom stereocenters. The van der Waals surface area contributed by atoms with E-state index in [-0.39, 0.29) is 17.7 Å². The summed E-state index contributed by atoms with van der Waals surface area (Å²) in [6.07, 6.45) is 0.892. The third-order valence-corrected chi connectivity index (χ3v) is 6.30. The molecule has 1 N–H and O–H groups in total. The fourth-order valence-electron chi connectivity index (χ4n) is 4.33. The smallest absolute Gasteiger partial charge is 0.317 e. The van der Waals surface area contributed by atoms with Crippen molar-refractivity contribution in [3.05, 3.63) is 59.7 Å². The number of benzene rings is 2. The van der Waals surface area contributed by atoms with Gasteiger partial charge in [-0.05, 0) is 55.7 Å². The second kappa shape index (κ2) is 9.54. The highest BCUT2D eigenvalue weighted by atomic mass is 19.2. The van der Waals surface area contributed by atoms with Gasteiger partial charge in [-0.1, -0.05) is 0 Å². The fourth-order valence-corrected chi connectivity index (χ4v) is 4.33. The van der Waals surface area contributed by atoms with Crippen molar-refractivity contribution in [1.29, 1.82) is 0 Å². The van der Waals surface area contributed by atoms with Crippen LogP contribution in [0, 0.1) is 17.6 Å². The molecule has 4 rings (SSSR count). The number of rotatable bonds is 5. The quantitative estimate of drug-likeness (QED) is 0.720. The van der Waals surface area contributed by atoms with E-state index in [1.54, 1.807) is 13.0 Å². The van der Waals surface area contributed by atoms with Gasteiger partial charge in [-0.2, -0.15) is 0 Å². The summed E-state index contributed by atoms with van der Waals surface area (Å²) in [5, 5.41) is 3.03. The molecule has 0 aromatic heterocycles. The SMILES string of the molecule is CC(=O)c1ccc(N2CCN(C(=O)NCC3CCN(c4ccc(F)c(F)c4)C3)CC2)cc1. The largest absolute Gasteiger partial charge is 0.371 e. The second-order valence-corrected chi connectivity index (χ2v) is 8.46. The van der Waals surface area contributed by atoms with Crippen LogP contribution < -0.4 is 15.1 Å². The van der Waals surface area contributed by atoms with Gasteiger partial charge in [0.05, 0.1) is 0 Å². The molecule has 0 bridgehead atoms. The molecular formula is C24H28F2N4O2. The number of carbonyl (C=O) groups is 2. The number of anilines is 2. The molecule has 2 amide bonds. The predicted octanol–water partition coefficient (Wildman–Crippen LogP) is 3.53. The zero-order chi connectivity index (χ0) is 22.7. The Hall–Kier alpha value is -3.16. The van der Waals surface area contributed by atoms with Gasteiger partial charge in [-0.25, -0.2) is 13.6 Å². The number of hydrogen-bond donors (Lipinski definition) is 1. The number of urea groups is 1. The second-order valence-electron chi connectivity index (χ2n) is 8.46. The molecule has 2 aliphatic rings. The van der Waals surface area contributed by atoms with Crippen LogP contribution in [0.3, 0.4) is 0 Å². The zero-order valence-electron chi connectivity index (χ0n) is 18.2. The summed E-state index contributed by atoms with van der Waals surface area (Å²) < 4.78 is 26.6. The van der Waals surface area contributed by atoms with E-state index in [0.29, 0.717) is 37.4 Å². The number of nitrogens with one attached hydrogen (secondary N) is 1. The van der Waals surface area contributed by atoms with Crippen molar-refractivity contribution in [2.45, 2.75) is 13.3 Å². The number of ketones is 1. The van der Waals surface area contributed by atoms with Crippen molar-refractivity contribution in [3.63, 3.8) is 0 Å². The Labute approximate surface area is 186 Å². The molecule has 6 nitrogen and oxygen atoms in total. The molecule has 2 saturated heterocycles. The van der Waals surface area contributed by atoms with Gasteiger partial charge in [-0.3, -0.25) is 4.79 Å². The molecule has 0 radical (unpaired) electrons. The average molecular weight is 443 g/mol. The van der Waals surface area contributed by atoms with Gasteiger partial charge < -0.3 is 20.0 Å². The lowest BCUT2D eigenvalue weighted by atomic mass is 10.1. The maximum Gasteiger partial charge on any atom is 0.317 e. The van der Waals surface area contributed by atoms with Crippen molar-refractivity contribution in [3.8, 4) is 0 Å². The summed E-state index contributed by atoms with van der Waals surface area (Å²) >= 11 is 0. The number of halogens is 2. The Balaban J connectivity index is 1.21. The Morgan fingerprint density at radius 3 is 2.25 bits per heavy atom. The van der Waals surface area contributed by atoms with E-state index in [1.165, 1.54) is 6.07 Å². The Morgan fingerprint density at radius 1 is 0.906 bits per heavy atom. The lowest BCUT2D eigenvalue weighted by Gasteiger charge is -2.36. The van der Waals surface area contributed by atoms with E-state index < -0.39 is 11.6 Å². The van der Waals surface area contributed by atoms with Crippen LogP contribution in [0.5, 0.6) is 0 Å². The minimum Gasteiger partial charge on any atom is -0.371 e. The van der Waals surface area contributed by atoms with E-state index in [9.17, 15) is 18.4 Å². The monoisotopic (exact) mass is 442 g/mol. The Morgan fingerprint density at radius 2 is 1.59 bits per heavy atom. The highest BCUT2D eigenvalue weighted by Gasteiger charge is 2.26. The highest BCUT2D eigenvalue weighted by Crippen LogP contribution is 2.25. The van der Waals surface area contributed by atoms with Gasteiger partial charge in [0.25, 0.3) is 0 Å². The summed E-state index contributed by atoms with van der Waals surface area (Å²) in [6.45, 7) is 6.31. The van der Waals surface area contributed by atoms with Gasteiger partial charge in [0.2, 0.25) is 0 Å². The summed E-state index contributed by atoms with van der Waals surface area (Å²) in [5.74, 6) is -1.36. The Bertz CT molecular complexity index is 974. The molecule has 2 aromatic rings. The van der Waals surface area contributed by atoms with Crippen molar-refractivity contribution < 1.29 is 18.4 Å². The molecule has 32 heavy (non-hydrogen) atoms. The predicted molar refractivity (Wildman–Crippen MR) is 120 cm³/mol. The summed E-state index contributed by atoms with van der Waals surface area (Å²) in [7, 11) is 0. The molecule has 0 aliphatic carbocycles. The molecular weight excluding hydrogens is 414 g/mol. The van der Waals surface area contributed by atoms with Crippen LogP contribution in [0.4, 0.5) is 25.0 Å². The standard InChI is InChI=1S/C24H28F2N4O2/c1-17(31)19-2-4-20(5-3-19)28-10-12-29(13-11-28)24(32)27-15-18-8-9-30(16-18)21-6-7-22(25)23(26)14-21/h2-7,14,18H,8-13,15-16H2,1H3,(H,27,32). The topological polar surface area (TPSA) is 55.9 Å². The van der Waals surface area contributed by atoms with Crippen molar-refractivity contribution in [1.82, 2.24) is 10.2 Å². The number of carbonyl (C=O) groups excluding carboxylic acids is 2. The molecule has 170 valence electrons. The third-order valence-electron chi connectivity index (χ3n) is 6.30. The number of nitrogens with zero attached hydrogens (tertiary/aromatic N) is 3. The lowest BCUT2D eigenvalue weighted by molar-refractivity contribution is 0.101. The van der Waals surface area contributed by atoms with Crippen molar-refractivity contribution in [2.24, 2.45) is 5.92 Å². The minimum atomic E-state index is -0.843. The first-order valence-corrected chi connectivity index (χ1v) is 11.0. The number of amides is 2. The van der Waals surface area contributed by atoms with E-state index in [0.717, 1.165) is 37.8 Å². The first-order chi connectivity index (χ1) is 15.4. The Kier molecular flexibility index (Phi) is 6.58. The average Bonchev–Trinajstić information content (AvgIpc) is 3.28. The van der Waals surface area contributed by atoms with Gasteiger partial charge in [-0.15, -0.1) is 0 Å². The van der Waals surface area contributed by atoms with Crippen LogP contribution in [0.1, 0.15) is 23.7 Å². The zero-order valence-corrected chi connectivity index (χ0v) is 18.2. The van der Waals surface area contributed by atoms with Crippen LogP contribution in [-0.4, -0.2) is 62.5 Å². The van der Waals surface area contributed by atoms with Gasteiger partial charge >= 0.3 is 6.03 Å². The summed E-state index contributed by atoms with van der Waals surface area (Å²) in [6, 6.07) is 11.5. The maximum absolute atomic E-state index is 13.5. The number of Topliss-reactive ketones (excluding diaryl/α,β-unsaturated/α-hetero) is 1. The van der Waals surface area contributed by atoms with Crippen LogP contribution in [-0.2, 0) is 0 Å². The number of hydrogen-bond acceptors (Lipinski definition) is 4. The lowest BCUT2D eigenvalue weighted by Crippen LogP contribution is -2.52. The molecule has 0 saturated carbocycles. The molecule has 2 fully saturated rings. The van der Waals surface area contributed by atoms with Crippen LogP contribution in [0.15, 0.2) is 42.5 Å². The fraction of sp³-hybridized carbons (Fsp3) is 0.417. The van der Waals surface area contributed by atoms with Gasteiger partial charge in [0.15, 0.2) is 17.4 Å². The molecule has 2 aromatic carbocycles. The normalized spacial score (nSPS) is 18.7. The highest BCUT2D eigenvalue weighted by molar-refractivity contribution is 5.94. The summed E-state index contributed by atoms with van der Waals surface area (Å²) in [5.41, 5.74) is 2.42. The van der Waals surface area contributed by atoms with Crippen LogP contribution >= 0.6 is 0 Å². The van der Waals surface area contributed by atoms with E-state index >= 15 is 0 Å². The first-order valence-electron chi connectivity index (χ1n) is 11.0. The minimum absolute atomic E-state index is 0.0493. The van der Waals surface area contributed by atoms with Gasteiger partial charge in [0, 0.05) is 68.8 Å². The van der Waals surface area contributed by atoms with Crippen molar-refractivity contribution >= 4 is 23.2 Å². The number of piperazine rings is 1. The molecule has 8 heteroatoms. The molecule has 2 heterocycles. The summed E-state index contributed by atoms with van der Waals surface area (Å²) in [4.78, 5) is 30.1. The van der Waals surface area contributed by atoms with Gasteiger partial charge in [0.1, 0.15) is 0 Å². The van der Waals surface area contributed by atoms with E-state index in [4.69, 9.17) is 0 Å².